The molecule has 0 aromatic carbocycles. The highest BCUT2D eigenvalue weighted by atomic mass is 32.1. The van der Waals surface area contributed by atoms with Crippen LogP contribution in [0.15, 0.2) is 0 Å². The van der Waals surface area contributed by atoms with Gasteiger partial charge in [0.2, 0.25) is 0 Å². The van der Waals surface area contributed by atoms with Crippen LogP contribution in [0, 0.1) is 12.8 Å². The highest BCUT2D eigenvalue weighted by Crippen LogP contribution is 2.20. The lowest BCUT2D eigenvalue weighted by Crippen LogP contribution is -1.91. The largest absolute Gasteiger partial charge is 0.294 e. The Kier molecular flexibility index (Phi) is 3.81. The Hall–Kier alpha value is -0.700. The molecule has 14 heavy (non-hydrogen) atoms. The fourth-order valence-electron chi connectivity index (χ4n) is 1.30. The maximum Gasteiger partial charge on any atom is 0.171 e. The van der Waals surface area contributed by atoms with Crippen molar-refractivity contribution in [1.82, 2.24) is 4.98 Å². The number of aromatic nitrogens is 1. The normalized spacial score (nSPS) is 10.9. The molecule has 1 aromatic heterocycles. The SMILES string of the molecule is CC(=O)c1sc(CCC(C)C)nc1C. The number of carbonyl (C=O) groups excluding carboxylic acids is 1. The highest BCUT2D eigenvalue weighted by molar-refractivity contribution is 7.13. The number of ketones is 1. The second kappa shape index (κ2) is 4.69. The molecule has 2 nitrogen and oxygen atoms in total. The van der Waals surface area contributed by atoms with E-state index in [1.165, 1.54) is 0 Å². The molecule has 78 valence electrons. The second-order valence-electron chi connectivity index (χ2n) is 4.01. The number of hydrogen-bond donors (Lipinski definition) is 0. The van der Waals surface area contributed by atoms with Gasteiger partial charge in [-0.2, -0.15) is 0 Å². The van der Waals surface area contributed by atoms with Crippen molar-refractivity contribution in [2.24, 2.45) is 5.92 Å². The van der Waals surface area contributed by atoms with Gasteiger partial charge >= 0.3 is 0 Å². The molecule has 0 saturated heterocycles. The van der Waals surface area contributed by atoms with Crippen molar-refractivity contribution in [3.05, 3.63) is 15.6 Å². The summed E-state index contributed by atoms with van der Waals surface area (Å²) in [6, 6.07) is 0. The lowest BCUT2D eigenvalue weighted by Gasteiger charge is -1.99. The van der Waals surface area contributed by atoms with Gasteiger partial charge in [0.25, 0.3) is 0 Å². The van der Waals surface area contributed by atoms with E-state index >= 15 is 0 Å². The summed E-state index contributed by atoms with van der Waals surface area (Å²) in [5.74, 6) is 0.829. The summed E-state index contributed by atoms with van der Waals surface area (Å²) >= 11 is 1.55. The Balaban J connectivity index is 2.71. The summed E-state index contributed by atoms with van der Waals surface area (Å²) in [6.07, 6.45) is 2.14. The minimum atomic E-state index is 0.135. The van der Waals surface area contributed by atoms with E-state index in [0.29, 0.717) is 5.92 Å². The number of nitrogens with zero attached hydrogens (tertiary/aromatic N) is 1. The predicted molar refractivity (Wildman–Crippen MR) is 60.0 cm³/mol. The van der Waals surface area contributed by atoms with Crippen LogP contribution in [0.3, 0.4) is 0 Å². The first-order chi connectivity index (χ1) is 6.50. The standard InChI is InChI=1S/C11H17NOS/c1-7(2)5-6-10-12-8(3)11(14-10)9(4)13/h7H,5-6H2,1-4H3. The summed E-state index contributed by atoms with van der Waals surface area (Å²) in [5, 5.41) is 1.10. The van der Waals surface area contributed by atoms with E-state index in [0.717, 1.165) is 28.4 Å². The van der Waals surface area contributed by atoms with Gasteiger partial charge in [-0.25, -0.2) is 4.98 Å². The lowest BCUT2D eigenvalue weighted by atomic mass is 10.1. The zero-order valence-corrected chi connectivity index (χ0v) is 10.1. The molecule has 0 atom stereocenters. The third-order valence-electron chi connectivity index (χ3n) is 2.10. The zero-order chi connectivity index (χ0) is 10.7. The van der Waals surface area contributed by atoms with Crippen molar-refractivity contribution in [2.45, 2.75) is 40.5 Å². The van der Waals surface area contributed by atoms with Crippen LogP contribution in [0.2, 0.25) is 0 Å². The smallest absolute Gasteiger partial charge is 0.171 e. The van der Waals surface area contributed by atoms with Crippen molar-refractivity contribution >= 4 is 17.1 Å². The van der Waals surface area contributed by atoms with Gasteiger partial charge in [-0.15, -0.1) is 11.3 Å². The van der Waals surface area contributed by atoms with Crippen molar-refractivity contribution in [2.75, 3.05) is 0 Å². The van der Waals surface area contributed by atoms with Crippen LogP contribution >= 0.6 is 11.3 Å². The number of aryl methyl sites for hydroxylation is 2. The van der Waals surface area contributed by atoms with E-state index in [2.05, 4.69) is 18.8 Å². The van der Waals surface area contributed by atoms with Crippen LogP contribution in [-0.2, 0) is 6.42 Å². The van der Waals surface area contributed by atoms with Crippen molar-refractivity contribution < 1.29 is 4.79 Å². The van der Waals surface area contributed by atoms with E-state index in [1.54, 1.807) is 18.3 Å². The summed E-state index contributed by atoms with van der Waals surface area (Å²) < 4.78 is 0. The molecule has 1 heterocycles. The Labute approximate surface area is 89.4 Å². The Morgan fingerprint density at radius 1 is 1.50 bits per heavy atom. The summed E-state index contributed by atoms with van der Waals surface area (Å²) in [4.78, 5) is 16.4. The van der Waals surface area contributed by atoms with Crippen LogP contribution in [0.25, 0.3) is 0 Å². The number of thiazole rings is 1. The minimum absolute atomic E-state index is 0.135. The molecule has 0 aliphatic heterocycles. The maximum absolute atomic E-state index is 11.2. The number of Topliss-reactive ketones (excluding diaryl/α,β-unsaturated/α-hetero) is 1. The molecule has 0 aliphatic rings. The van der Waals surface area contributed by atoms with E-state index < -0.39 is 0 Å². The third kappa shape index (κ3) is 2.91. The van der Waals surface area contributed by atoms with Gasteiger partial charge in [-0.1, -0.05) is 13.8 Å². The van der Waals surface area contributed by atoms with E-state index in [1.807, 2.05) is 6.92 Å². The summed E-state index contributed by atoms with van der Waals surface area (Å²) in [7, 11) is 0. The fourth-order valence-corrected chi connectivity index (χ4v) is 2.27. The van der Waals surface area contributed by atoms with Crippen LogP contribution in [0.1, 0.15) is 47.6 Å². The van der Waals surface area contributed by atoms with Gasteiger partial charge in [-0.05, 0) is 25.7 Å². The monoisotopic (exact) mass is 211 g/mol. The molecule has 1 aromatic rings. The topological polar surface area (TPSA) is 30.0 Å². The average Bonchev–Trinajstić information content (AvgIpc) is 2.43. The van der Waals surface area contributed by atoms with Crippen molar-refractivity contribution in [3.8, 4) is 0 Å². The molecule has 0 N–H and O–H groups in total. The Morgan fingerprint density at radius 2 is 2.14 bits per heavy atom. The van der Waals surface area contributed by atoms with Crippen LogP contribution in [0.4, 0.5) is 0 Å². The van der Waals surface area contributed by atoms with E-state index in [4.69, 9.17) is 0 Å². The Bertz CT molecular complexity index is 328. The number of rotatable bonds is 4. The number of carbonyl (C=O) groups is 1. The molecule has 1 rings (SSSR count). The first-order valence-corrected chi connectivity index (χ1v) is 5.79. The molecule has 0 amide bonds. The quantitative estimate of drug-likeness (QED) is 0.716. The molecule has 0 radical (unpaired) electrons. The molecule has 0 unspecified atom stereocenters. The fraction of sp³-hybridized carbons (Fsp3) is 0.636. The highest BCUT2D eigenvalue weighted by Gasteiger charge is 2.11. The number of hydrogen-bond acceptors (Lipinski definition) is 3. The molecule has 0 saturated carbocycles. The van der Waals surface area contributed by atoms with Crippen LogP contribution in [-0.4, -0.2) is 10.8 Å². The zero-order valence-electron chi connectivity index (χ0n) is 9.26. The van der Waals surface area contributed by atoms with Gasteiger partial charge in [0.15, 0.2) is 5.78 Å². The van der Waals surface area contributed by atoms with Gasteiger partial charge in [0, 0.05) is 6.92 Å². The van der Waals surface area contributed by atoms with Gasteiger partial charge in [0.1, 0.15) is 0 Å². The van der Waals surface area contributed by atoms with Crippen molar-refractivity contribution in [1.29, 1.82) is 0 Å². The summed E-state index contributed by atoms with van der Waals surface area (Å²) in [6.45, 7) is 7.91. The van der Waals surface area contributed by atoms with Gasteiger partial charge in [-0.3, -0.25) is 4.79 Å². The average molecular weight is 211 g/mol. The summed E-state index contributed by atoms with van der Waals surface area (Å²) in [5.41, 5.74) is 0.890. The molecular weight excluding hydrogens is 194 g/mol. The first-order valence-electron chi connectivity index (χ1n) is 4.98. The lowest BCUT2D eigenvalue weighted by molar-refractivity contribution is 0.102. The maximum atomic E-state index is 11.2. The van der Waals surface area contributed by atoms with Crippen LogP contribution in [0.5, 0.6) is 0 Å². The molecule has 0 bridgehead atoms. The van der Waals surface area contributed by atoms with Crippen molar-refractivity contribution in [3.63, 3.8) is 0 Å². The molecular formula is C11H17NOS. The first kappa shape index (κ1) is 11.4. The minimum Gasteiger partial charge on any atom is -0.294 e. The third-order valence-corrected chi connectivity index (χ3v) is 3.41. The molecule has 0 aliphatic carbocycles. The van der Waals surface area contributed by atoms with Gasteiger partial charge < -0.3 is 0 Å². The van der Waals surface area contributed by atoms with E-state index in [9.17, 15) is 4.79 Å². The van der Waals surface area contributed by atoms with E-state index in [-0.39, 0.29) is 5.78 Å². The van der Waals surface area contributed by atoms with Crippen LogP contribution < -0.4 is 0 Å². The molecule has 0 spiro atoms. The second-order valence-corrected chi connectivity index (χ2v) is 5.09. The predicted octanol–water partition coefficient (Wildman–Crippen LogP) is 3.24. The van der Waals surface area contributed by atoms with Gasteiger partial charge in [0.05, 0.1) is 15.6 Å². The molecule has 0 fully saturated rings. The molecule has 3 heteroatoms. The Morgan fingerprint density at radius 3 is 2.57 bits per heavy atom.